The molecular formula is C24H31N3O4. The molecule has 5 rings (SSSR count). The molecule has 0 radical (unpaired) electrons. The van der Waals surface area contributed by atoms with Crippen molar-refractivity contribution in [1.29, 1.82) is 0 Å². The largest absolute Gasteiger partial charge is 0.489 e. The Hall–Kier alpha value is -2.38. The summed E-state index contributed by atoms with van der Waals surface area (Å²) in [6.07, 6.45) is 5.94. The molecule has 1 aromatic carbocycles. The van der Waals surface area contributed by atoms with Crippen LogP contribution in [0.2, 0.25) is 0 Å². The lowest BCUT2D eigenvalue weighted by atomic mass is 10.0. The first kappa shape index (κ1) is 20.5. The summed E-state index contributed by atoms with van der Waals surface area (Å²) in [6, 6.07) is 5.75. The highest BCUT2D eigenvalue weighted by Crippen LogP contribution is 2.33. The van der Waals surface area contributed by atoms with E-state index in [0.717, 1.165) is 62.6 Å². The Kier molecular flexibility index (Phi) is 5.71. The Morgan fingerprint density at radius 2 is 2.00 bits per heavy atom. The maximum Gasteiger partial charge on any atom is 0.255 e. The van der Waals surface area contributed by atoms with E-state index in [1.165, 1.54) is 6.42 Å². The fourth-order valence-corrected chi connectivity index (χ4v) is 5.44. The lowest BCUT2D eigenvalue weighted by Crippen LogP contribution is -2.49. The van der Waals surface area contributed by atoms with E-state index in [1.807, 2.05) is 18.2 Å². The molecule has 1 N–H and O–H groups in total. The van der Waals surface area contributed by atoms with Gasteiger partial charge in [-0.3, -0.25) is 14.5 Å². The Labute approximate surface area is 183 Å². The van der Waals surface area contributed by atoms with Crippen LogP contribution < -0.4 is 10.1 Å². The maximum atomic E-state index is 12.9. The van der Waals surface area contributed by atoms with Crippen molar-refractivity contribution in [3.05, 3.63) is 41.6 Å². The van der Waals surface area contributed by atoms with Gasteiger partial charge in [0.2, 0.25) is 5.91 Å². The second-order valence-electron chi connectivity index (χ2n) is 9.06. The van der Waals surface area contributed by atoms with Gasteiger partial charge in [0, 0.05) is 43.5 Å². The second-order valence-corrected chi connectivity index (χ2v) is 9.06. The zero-order valence-corrected chi connectivity index (χ0v) is 18.0. The predicted octanol–water partition coefficient (Wildman–Crippen LogP) is 2.46. The lowest BCUT2D eigenvalue weighted by molar-refractivity contribution is -0.126. The number of piperidine rings is 1. The van der Waals surface area contributed by atoms with Crippen molar-refractivity contribution in [2.24, 2.45) is 0 Å². The molecule has 7 nitrogen and oxygen atoms in total. The first-order valence-electron chi connectivity index (χ1n) is 11.5. The van der Waals surface area contributed by atoms with Gasteiger partial charge in [-0.2, -0.15) is 0 Å². The number of ether oxygens (including phenoxy) is 2. The summed E-state index contributed by atoms with van der Waals surface area (Å²) in [7, 11) is 0. The molecule has 2 amide bonds. The van der Waals surface area contributed by atoms with E-state index in [2.05, 4.69) is 16.8 Å². The smallest absolute Gasteiger partial charge is 0.255 e. The summed E-state index contributed by atoms with van der Waals surface area (Å²) >= 11 is 0. The van der Waals surface area contributed by atoms with Crippen LogP contribution in [-0.2, 0) is 16.1 Å². The normalized spacial score (nSPS) is 29.6. The topological polar surface area (TPSA) is 71.1 Å². The molecule has 4 aliphatic rings. The number of hydrogen-bond acceptors (Lipinski definition) is 5. The fraction of sp³-hybridized carbons (Fsp3) is 0.583. The summed E-state index contributed by atoms with van der Waals surface area (Å²) in [5.74, 6) is 0.611. The molecule has 1 saturated carbocycles. The number of carbonyl (C=O) groups excluding carboxylic acids is 2. The predicted molar refractivity (Wildman–Crippen MR) is 116 cm³/mol. The summed E-state index contributed by atoms with van der Waals surface area (Å²) < 4.78 is 12.1. The Morgan fingerprint density at radius 1 is 1.10 bits per heavy atom. The van der Waals surface area contributed by atoms with Crippen LogP contribution in [0.5, 0.6) is 5.75 Å². The lowest BCUT2D eigenvalue weighted by Gasteiger charge is -2.31. The first-order chi connectivity index (χ1) is 15.1. The van der Waals surface area contributed by atoms with Crippen LogP contribution in [0.1, 0.15) is 54.4 Å². The number of benzene rings is 1. The van der Waals surface area contributed by atoms with Crippen molar-refractivity contribution in [3.8, 4) is 5.75 Å². The average molecular weight is 426 g/mol. The van der Waals surface area contributed by atoms with E-state index < -0.39 is 6.04 Å². The highest BCUT2D eigenvalue weighted by molar-refractivity contribution is 6.01. The van der Waals surface area contributed by atoms with Crippen LogP contribution in [0, 0.1) is 0 Å². The van der Waals surface area contributed by atoms with E-state index in [9.17, 15) is 9.59 Å². The van der Waals surface area contributed by atoms with Crippen molar-refractivity contribution < 1.29 is 19.1 Å². The third-order valence-corrected chi connectivity index (χ3v) is 7.04. The Morgan fingerprint density at radius 3 is 2.87 bits per heavy atom. The van der Waals surface area contributed by atoms with Crippen molar-refractivity contribution in [1.82, 2.24) is 15.1 Å². The number of nitrogens with zero attached hydrogens (tertiary/aromatic N) is 2. The molecule has 1 aromatic rings. The summed E-state index contributed by atoms with van der Waals surface area (Å²) in [4.78, 5) is 29.5. The molecular weight excluding hydrogens is 394 g/mol. The molecule has 31 heavy (non-hydrogen) atoms. The van der Waals surface area contributed by atoms with E-state index in [0.29, 0.717) is 31.0 Å². The van der Waals surface area contributed by atoms with Gasteiger partial charge in [0.1, 0.15) is 17.9 Å². The van der Waals surface area contributed by atoms with Gasteiger partial charge < -0.3 is 19.7 Å². The number of nitrogens with one attached hydrogen (secondary N) is 1. The van der Waals surface area contributed by atoms with Gasteiger partial charge in [-0.05, 0) is 62.3 Å². The van der Waals surface area contributed by atoms with Crippen LogP contribution in [0.15, 0.2) is 30.5 Å². The van der Waals surface area contributed by atoms with Crippen molar-refractivity contribution in [2.75, 3.05) is 26.3 Å². The minimum Gasteiger partial charge on any atom is -0.489 e. The number of carbonyl (C=O) groups is 2. The first-order valence-corrected chi connectivity index (χ1v) is 11.5. The minimum absolute atomic E-state index is 0.0717. The number of rotatable bonds is 4. The summed E-state index contributed by atoms with van der Waals surface area (Å²) in [5, 5.41) is 2.79. The molecule has 166 valence electrons. The highest BCUT2D eigenvalue weighted by atomic mass is 16.5. The molecule has 7 heteroatoms. The average Bonchev–Trinajstić information content (AvgIpc) is 3.22. The van der Waals surface area contributed by atoms with Gasteiger partial charge in [0.25, 0.3) is 5.91 Å². The van der Waals surface area contributed by atoms with Crippen LogP contribution >= 0.6 is 0 Å². The maximum absolute atomic E-state index is 12.9. The molecule has 3 heterocycles. The summed E-state index contributed by atoms with van der Waals surface area (Å²) in [6.45, 7) is 7.95. The van der Waals surface area contributed by atoms with Gasteiger partial charge in [-0.25, -0.2) is 0 Å². The molecule has 0 bridgehead atoms. The van der Waals surface area contributed by atoms with Crippen LogP contribution in [0.25, 0.3) is 0 Å². The highest BCUT2D eigenvalue weighted by Gasteiger charge is 2.39. The van der Waals surface area contributed by atoms with E-state index in [1.54, 1.807) is 4.90 Å². The summed E-state index contributed by atoms with van der Waals surface area (Å²) in [5.41, 5.74) is 2.35. The van der Waals surface area contributed by atoms with Gasteiger partial charge in [-0.15, -0.1) is 0 Å². The Bertz CT molecular complexity index is 878. The van der Waals surface area contributed by atoms with Crippen LogP contribution in [0.3, 0.4) is 0 Å². The standard InChI is InChI=1S/C24H31N3O4/c1-16-6-9-21(23(28)25-16)27-15-17-14-18(7-8-19(17)24(27)29)31-22-5-2-4-20(22)26-10-3-12-30-13-11-26/h7-8,14,20-22H,1-6,9-13,15H2,(H,25,28)/t20-,21?,22+/m0/s1. The molecule has 2 saturated heterocycles. The number of fused-ring (bicyclic) bond motifs is 1. The second kappa shape index (κ2) is 8.63. The zero-order valence-electron chi connectivity index (χ0n) is 18.0. The van der Waals surface area contributed by atoms with Gasteiger partial charge in [0.05, 0.1) is 6.61 Å². The number of allylic oxidation sites excluding steroid dienone is 1. The number of hydrogen-bond donors (Lipinski definition) is 1. The zero-order chi connectivity index (χ0) is 21.4. The fourth-order valence-electron chi connectivity index (χ4n) is 5.44. The van der Waals surface area contributed by atoms with E-state index >= 15 is 0 Å². The molecule has 1 aliphatic carbocycles. The van der Waals surface area contributed by atoms with Crippen molar-refractivity contribution in [2.45, 2.75) is 63.3 Å². The minimum atomic E-state index is -0.431. The molecule has 3 aliphatic heterocycles. The number of amides is 2. The third kappa shape index (κ3) is 4.08. The third-order valence-electron chi connectivity index (χ3n) is 7.04. The molecule has 0 spiro atoms. The quantitative estimate of drug-likeness (QED) is 0.803. The molecule has 1 unspecified atom stereocenters. The molecule has 3 atom stereocenters. The van der Waals surface area contributed by atoms with Crippen molar-refractivity contribution >= 4 is 11.8 Å². The molecule has 0 aromatic heterocycles. The van der Waals surface area contributed by atoms with E-state index in [4.69, 9.17) is 9.47 Å². The van der Waals surface area contributed by atoms with Gasteiger partial charge >= 0.3 is 0 Å². The SMILES string of the molecule is C=C1CCC(N2Cc3cc(O[C@@H]4CCC[C@@H]4N4CCCOCC4)ccc3C2=O)C(=O)N1. The van der Waals surface area contributed by atoms with Crippen LogP contribution in [0.4, 0.5) is 0 Å². The van der Waals surface area contributed by atoms with Crippen LogP contribution in [-0.4, -0.2) is 66.1 Å². The van der Waals surface area contributed by atoms with Crippen molar-refractivity contribution in [3.63, 3.8) is 0 Å². The Balaban J connectivity index is 1.28. The van der Waals surface area contributed by atoms with E-state index in [-0.39, 0.29) is 17.9 Å². The van der Waals surface area contributed by atoms with Gasteiger partial charge in [-0.1, -0.05) is 6.58 Å². The van der Waals surface area contributed by atoms with Gasteiger partial charge in [0.15, 0.2) is 0 Å². The monoisotopic (exact) mass is 425 g/mol. The molecule has 3 fully saturated rings.